The van der Waals surface area contributed by atoms with Gasteiger partial charge in [0.15, 0.2) is 0 Å². The van der Waals surface area contributed by atoms with Gasteiger partial charge in [0.1, 0.15) is 17.0 Å². The molecule has 4 aromatic heterocycles. The summed E-state index contributed by atoms with van der Waals surface area (Å²) in [6.45, 7) is 2.56. The van der Waals surface area contributed by atoms with E-state index in [-0.39, 0.29) is 17.9 Å². The van der Waals surface area contributed by atoms with Crippen molar-refractivity contribution in [3.05, 3.63) is 47.4 Å². The molecule has 0 bridgehead atoms. The number of pyridine rings is 1. The lowest BCUT2D eigenvalue weighted by atomic mass is 9.86. The van der Waals surface area contributed by atoms with Crippen molar-refractivity contribution in [2.75, 3.05) is 26.1 Å². The van der Waals surface area contributed by atoms with Gasteiger partial charge in [-0.25, -0.2) is 14.5 Å². The summed E-state index contributed by atoms with van der Waals surface area (Å²) in [7, 11) is 3.54. The molecule has 4 heterocycles. The van der Waals surface area contributed by atoms with Crippen LogP contribution in [0.4, 0.5) is 11.5 Å². The maximum Gasteiger partial charge on any atom is 0.226 e. The van der Waals surface area contributed by atoms with Crippen LogP contribution in [0.5, 0.6) is 0 Å². The molecule has 8 nitrogen and oxygen atoms in total. The van der Waals surface area contributed by atoms with Crippen LogP contribution in [0.2, 0.25) is 0 Å². The molecule has 32 heavy (non-hydrogen) atoms. The molecule has 2 atom stereocenters. The first-order valence-corrected chi connectivity index (χ1v) is 11.6. The number of rotatable bonds is 6. The van der Waals surface area contributed by atoms with Crippen molar-refractivity contribution in [3.8, 4) is 0 Å². The third-order valence-corrected chi connectivity index (χ3v) is 7.44. The maximum atomic E-state index is 13.1. The van der Waals surface area contributed by atoms with Gasteiger partial charge in [0.2, 0.25) is 5.91 Å². The Kier molecular flexibility index (Phi) is 5.52. The smallest absolute Gasteiger partial charge is 0.226 e. The van der Waals surface area contributed by atoms with E-state index in [1.54, 1.807) is 31.0 Å². The molecule has 0 saturated heterocycles. The molecule has 0 aliphatic heterocycles. The van der Waals surface area contributed by atoms with Crippen LogP contribution in [0.15, 0.2) is 36.9 Å². The fourth-order valence-electron chi connectivity index (χ4n) is 4.41. The number of anilines is 2. The molecule has 1 aliphatic rings. The topological polar surface area (TPSA) is 84.6 Å². The van der Waals surface area contributed by atoms with E-state index in [0.717, 1.165) is 46.5 Å². The number of thiophene rings is 1. The molecule has 1 amide bonds. The summed E-state index contributed by atoms with van der Waals surface area (Å²) in [5.74, 6) is 0.997. The van der Waals surface area contributed by atoms with E-state index in [1.807, 2.05) is 47.8 Å². The molecule has 0 saturated carbocycles. The largest absolute Gasteiger partial charge is 0.383 e. The van der Waals surface area contributed by atoms with Gasteiger partial charge in [0.05, 0.1) is 23.6 Å². The summed E-state index contributed by atoms with van der Waals surface area (Å²) < 4.78 is 7.05. The number of hydrogen-bond acceptors (Lipinski definition) is 7. The van der Waals surface area contributed by atoms with Crippen LogP contribution in [0.1, 0.15) is 23.8 Å². The number of carbonyl (C=O) groups excluding carboxylic acids is 1. The molecule has 9 heteroatoms. The Morgan fingerprint density at radius 1 is 1.41 bits per heavy atom. The fourth-order valence-corrected chi connectivity index (χ4v) is 5.68. The Hall–Kier alpha value is -3.04. The van der Waals surface area contributed by atoms with E-state index in [9.17, 15) is 4.79 Å². The molecule has 4 aromatic rings. The van der Waals surface area contributed by atoms with E-state index in [1.165, 1.54) is 10.4 Å². The predicted octanol–water partition coefficient (Wildman–Crippen LogP) is 3.68. The Labute approximate surface area is 190 Å². The minimum absolute atomic E-state index is 0.00601. The van der Waals surface area contributed by atoms with E-state index in [4.69, 9.17) is 4.74 Å². The average Bonchev–Trinajstić information content (AvgIpc) is 3.42. The number of amides is 1. The van der Waals surface area contributed by atoms with Gasteiger partial charge >= 0.3 is 0 Å². The SMILES string of the molecule is COCC(C)N(C)C(=O)[C@H]1CCc2c(sc3ncnc(Nc4ccn5nccc5c4)c23)C1. The molecule has 0 fully saturated rings. The van der Waals surface area contributed by atoms with Crippen molar-refractivity contribution < 1.29 is 9.53 Å². The van der Waals surface area contributed by atoms with E-state index in [0.29, 0.717) is 6.61 Å². The van der Waals surface area contributed by atoms with Gasteiger partial charge in [-0.3, -0.25) is 4.79 Å². The summed E-state index contributed by atoms with van der Waals surface area (Å²) in [5.41, 5.74) is 3.24. The highest BCUT2D eigenvalue weighted by atomic mass is 32.1. The first-order chi connectivity index (χ1) is 15.5. The Balaban J connectivity index is 1.42. The van der Waals surface area contributed by atoms with E-state index >= 15 is 0 Å². The van der Waals surface area contributed by atoms with Crippen molar-refractivity contribution in [1.82, 2.24) is 24.5 Å². The summed E-state index contributed by atoms with van der Waals surface area (Å²) in [6, 6.07) is 6.06. The third-order valence-electron chi connectivity index (χ3n) is 6.27. The Bertz CT molecular complexity index is 1280. The molecular formula is C23H26N6O2S. The second kappa shape index (κ2) is 8.48. The molecule has 1 aliphatic carbocycles. The third kappa shape index (κ3) is 3.71. The molecule has 5 rings (SSSR count). The molecule has 0 spiro atoms. The average molecular weight is 451 g/mol. The maximum absolute atomic E-state index is 13.1. The van der Waals surface area contributed by atoms with Crippen LogP contribution in [-0.2, 0) is 22.4 Å². The quantitative estimate of drug-likeness (QED) is 0.482. The molecule has 0 aromatic carbocycles. The summed E-state index contributed by atoms with van der Waals surface area (Å²) in [5, 5.41) is 8.80. The van der Waals surface area contributed by atoms with Crippen molar-refractivity contribution in [2.24, 2.45) is 5.92 Å². The molecule has 1 unspecified atom stereocenters. The van der Waals surface area contributed by atoms with Gasteiger partial charge < -0.3 is 15.0 Å². The van der Waals surface area contributed by atoms with Crippen molar-refractivity contribution in [3.63, 3.8) is 0 Å². The van der Waals surface area contributed by atoms with Crippen LogP contribution in [0.25, 0.3) is 15.7 Å². The van der Waals surface area contributed by atoms with Crippen LogP contribution in [-0.4, -0.2) is 57.2 Å². The van der Waals surface area contributed by atoms with Gasteiger partial charge in [0.25, 0.3) is 0 Å². The van der Waals surface area contributed by atoms with Crippen LogP contribution >= 0.6 is 11.3 Å². The Morgan fingerprint density at radius 2 is 2.28 bits per heavy atom. The van der Waals surface area contributed by atoms with Gasteiger partial charge in [-0.1, -0.05) is 0 Å². The lowest BCUT2D eigenvalue weighted by Gasteiger charge is -2.30. The van der Waals surface area contributed by atoms with Crippen molar-refractivity contribution in [2.45, 2.75) is 32.2 Å². The number of methoxy groups -OCH3 is 1. The highest BCUT2D eigenvalue weighted by molar-refractivity contribution is 7.19. The van der Waals surface area contributed by atoms with Crippen LogP contribution < -0.4 is 5.32 Å². The number of hydrogen-bond donors (Lipinski definition) is 1. The van der Waals surface area contributed by atoms with Crippen LogP contribution in [0.3, 0.4) is 0 Å². The number of aromatic nitrogens is 4. The van der Waals surface area contributed by atoms with Crippen molar-refractivity contribution >= 4 is 44.5 Å². The number of aryl methyl sites for hydroxylation is 1. The summed E-state index contributed by atoms with van der Waals surface area (Å²) >= 11 is 1.68. The molecular weight excluding hydrogens is 424 g/mol. The molecule has 166 valence electrons. The molecule has 1 N–H and O–H groups in total. The normalized spacial score (nSPS) is 16.8. The number of likely N-dealkylation sites (N-methyl/N-ethyl adjacent to an activating group) is 1. The Morgan fingerprint density at radius 3 is 3.12 bits per heavy atom. The standard InChI is InChI=1S/C23H26N6O2S/c1-14(12-31-3)28(2)23(30)15-4-5-18-19(10-15)32-22-20(18)21(24-13-25-22)27-16-7-9-29-17(11-16)6-8-26-29/h6-9,11,13-15H,4-5,10,12H2,1-3H3,(H,24,25,27)/t14?,15-/m0/s1. The second-order valence-corrected chi connectivity index (χ2v) is 9.42. The zero-order valence-electron chi connectivity index (χ0n) is 18.4. The highest BCUT2D eigenvalue weighted by Crippen LogP contribution is 2.40. The summed E-state index contributed by atoms with van der Waals surface area (Å²) in [6.07, 6.45) is 7.74. The second-order valence-electron chi connectivity index (χ2n) is 8.34. The number of fused-ring (bicyclic) bond motifs is 4. The number of carbonyl (C=O) groups is 1. The number of nitrogens with one attached hydrogen (secondary N) is 1. The van der Waals surface area contributed by atoms with Crippen LogP contribution in [0, 0.1) is 5.92 Å². The van der Waals surface area contributed by atoms with Gasteiger partial charge in [-0.05, 0) is 49.9 Å². The number of nitrogens with zero attached hydrogens (tertiary/aromatic N) is 5. The van der Waals surface area contributed by atoms with E-state index < -0.39 is 0 Å². The van der Waals surface area contributed by atoms with E-state index in [2.05, 4.69) is 20.4 Å². The number of ether oxygens (including phenoxy) is 1. The summed E-state index contributed by atoms with van der Waals surface area (Å²) in [4.78, 5) is 26.2. The predicted molar refractivity (Wildman–Crippen MR) is 126 cm³/mol. The lowest BCUT2D eigenvalue weighted by molar-refractivity contribution is -0.137. The van der Waals surface area contributed by atoms with Gasteiger partial charge in [0, 0.05) is 43.0 Å². The first kappa shape index (κ1) is 20.8. The fraction of sp³-hybridized carbons (Fsp3) is 0.391. The minimum Gasteiger partial charge on any atom is -0.383 e. The van der Waals surface area contributed by atoms with Gasteiger partial charge in [-0.2, -0.15) is 5.10 Å². The highest BCUT2D eigenvalue weighted by Gasteiger charge is 2.31. The first-order valence-electron chi connectivity index (χ1n) is 10.8. The van der Waals surface area contributed by atoms with Gasteiger partial charge in [-0.15, -0.1) is 11.3 Å². The minimum atomic E-state index is -0.00601. The monoisotopic (exact) mass is 450 g/mol. The molecule has 0 radical (unpaired) electrons. The lowest BCUT2D eigenvalue weighted by Crippen LogP contribution is -2.42. The zero-order chi connectivity index (χ0) is 22.2. The zero-order valence-corrected chi connectivity index (χ0v) is 19.2. The van der Waals surface area contributed by atoms with Crippen molar-refractivity contribution in [1.29, 1.82) is 0 Å².